The van der Waals surface area contributed by atoms with Crippen molar-refractivity contribution in [3.8, 4) is 5.75 Å². The average Bonchev–Trinajstić information content (AvgIpc) is 3.19. The first kappa shape index (κ1) is 17.5. The Hall–Kier alpha value is -2.32. The van der Waals surface area contributed by atoms with Crippen LogP contribution in [0.4, 0.5) is 10.8 Å². The van der Waals surface area contributed by atoms with E-state index >= 15 is 0 Å². The van der Waals surface area contributed by atoms with Crippen LogP contribution in [-0.2, 0) is 0 Å². The molecule has 8 heteroatoms. The number of aromatic nitrogens is 3. The molecule has 0 bridgehead atoms. The summed E-state index contributed by atoms with van der Waals surface area (Å²) >= 11 is 2.80. The Kier molecular flexibility index (Phi) is 5.40. The van der Waals surface area contributed by atoms with Crippen LogP contribution in [0.25, 0.3) is 0 Å². The van der Waals surface area contributed by atoms with E-state index in [-0.39, 0.29) is 5.78 Å². The standard InChI is InChI=1S/C17H18N4O2S2/c1-10-8-12(11(2)18-10)14(22)9-24-17-21-20-16(25-17)19-13-6-4-5-7-15(13)23-3/h4-8,18H,9H2,1-3H3,(H,19,20). The van der Waals surface area contributed by atoms with Gasteiger partial charge < -0.3 is 15.0 Å². The number of carbonyl (C=O) groups excluding carboxylic acids is 1. The number of methoxy groups -OCH3 is 1. The molecule has 2 N–H and O–H groups in total. The molecule has 0 radical (unpaired) electrons. The largest absolute Gasteiger partial charge is 0.495 e. The number of benzene rings is 1. The van der Waals surface area contributed by atoms with Gasteiger partial charge >= 0.3 is 0 Å². The van der Waals surface area contributed by atoms with Gasteiger partial charge in [0.2, 0.25) is 5.13 Å². The molecule has 2 heterocycles. The Morgan fingerprint density at radius 3 is 2.84 bits per heavy atom. The lowest BCUT2D eigenvalue weighted by molar-refractivity contribution is 0.102. The maximum atomic E-state index is 12.3. The molecule has 6 nitrogen and oxygen atoms in total. The lowest BCUT2D eigenvalue weighted by atomic mass is 10.2. The minimum absolute atomic E-state index is 0.0845. The summed E-state index contributed by atoms with van der Waals surface area (Å²) in [6.07, 6.45) is 0. The van der Waals surface area contributed by atoms with Crippen molar-refractivity contribution in [2.45, 2.75) is 18.2 Å². The number of aromatic amines is 1. The number of hydrogen-bond acceptors (Lipinski definition) is 7. The molecule has 0 atom stereocenters. The van der Waals surface area contributed by atoms with E-state index in [0.29, 0.717) is 10.9 Å². The molecule has 3 rings (SSSR count). The van der Waals surface area contributed by atoms with E-state index in [0.717, 1.165) is 32.7 Å². The molecule has 0 unspecified atom stereocenters. The van der Waals surface area contributed by atoms with Crippen LogP contribution in [0.1, 0.15) is 21.7 Å². The number of carbonyl (C=O) groups is 1. The van der Waals surface area contributed by atoms with E-state index in [1.54, 1.807) is 7.11 Å². The number of ketones is 1. The van der Waals surface area contributed by atoms with Crippen molar-refractivity contribution >= 4 is 39.7 Å². The van der Waals surface area contributed by atoms with Crippen LogP contribution in [-0.4, -0.2) is 33.8 Å². The quantitative estimate of drug-likeness (QED) is 0.476. The summed E-state index contributed by atoms with van der Waals surface area (Å²) in [5.41, 5.74) is 3.46. The molecule has 0 fully saturated rings. The number of aryl methyl sites for hydroxylation is 2. The Balaban J connectivity index is 1.62. The van der Waals surface area contributed by atoms with Crippen molar-refractivity contribution in [2.24, 2.45) is 0 Å². The molecule has 2 aromatic heterocycles. The number of Topliss-reactive ketones (excluding diaryl/α,β-unsaturated/α-hetero) is 1. The van der Waals surface area contributed by atoms with Crippen LogP contribution < -0.4 is 10.1 Å². The predicted octanol–water partition coefficient (Wildman–Crippen LogP) is 4.21. The molecular formula is C17H18N4O2S2. The minimum atomic E-state index is 0.0845. The maximum Gasteiger partial charge on any atom is 0.210 e. The Morgan fingerprint density at radius 2 is 2.12 bits per heavy atom. The van der Waals surface area contributed by atoms with E-state index in [9.17, 15) is 4.79 Å². The van der Waals surface area contributed by atoms with Gasteiger partial charge in [-0.15, -0.1) is 10.2 Å². The minimum Gasteiger partial charge on any atom is -0.495 e. The second kappa shape index (κ2) is 7.71. The molecule has 0 aliphatic carbocycles. The summed E-state index contributed by atoms with van der Waals surface area (Å²) in [4.78, 5) is 15.5. The Morgan fingerprint density at radius 1 is 1.32 bits per heavy atom. The number of ether oxygens (including phenoxy) is 1. The number of anilines is 2. The molecule has 1 aromatic carbocycles. The van der Waals surface area contributed by atoms with E-state index in [2.05, 4.69) is 20.5 Å². The molecule has 0 aliphatic rings. The van der Waals surface area contributed by atoms with E-state index in [1.807, 2.05) is 44.2 Å². The molecule has 130 valence electrons. The lowest BCUT2D eigenvalue weighted by Gasteiger charge is -2.07. The number of nitrogens with zero attached hydrogens (tertiary/aromatic N) is 2. The average molecular weight is 374 g/mol. The SMILES string of the molecule is COc1ccccc1Nc1nnc(SCC(=O)c2cc(C)[nH]c2C)s1. The molecule has 0 aliphatic heterocycles. The van der Waals surface area contributed by atoms with Crippen LogP contribution in [0, 0.1) is 13.8 Å². The normalized spacial score (nSPS) is 10.7. The van der Waals surface area contributed by atoms with Gasteiger partial charge in [-0.1, -0.05) is 35.2 Å². The number of para-hydroxylation sites is 2. The summed E-state index contributed by atoms with van der Waals surface area (Å²) < 4.78 is 6.05. The zero-order valence-corrected chi connectivity index (χ0v) is 15.8. The third-order valence-electron chi connectivity index (χ3n) is 3.53. The smallest absolute Gasteiger partial charge is 0.210 e. The Bertz CT molecular complexity index is 888. The Labute approximate surface area is 154 Å². The number of H-pyrrole nitrogens is 1. The van der Waals surface area contributed by atoms with Crippen molar-refractivity contribution in [1.82, 2.24) is 15.2 Å². The topological polar surface area (TPSA) is 79.9 Å². The summed E-state index contributed by atoms with van der Waals surface area (Å²) in [6, 6.07) is 9.49. The zero-order chi connectivity index (χ0) is 17.8. The summed E-state index contributed by atoms with van der Waals surface area (Å²) in [5, 5.41) is 12.1. The fourth-order valence-corrected chi connectivity index (χ4v) is 4.05. The number of hydrogen-bond donors (Lipinski definition) is 2. The molecule has 25 heavy (non-hydrogen) atoms. The first-order valence-corrected chi connectivity index (χ1v) is 9.43. The van der Waals surface area contributed by atoms with Gasteiger partial charge in [-0.25, -0.2) is 0 Å². The molecule has 0 amide bonds. The van der Waals surface area contributed by atoms with Gasteiger partial charge in [0.25, 0.3) is 0 Å². The first-order valence-electron chi connectivity index (χ1n) is 7.62. The third-order valence-corrected chi connectivity index (χ3v) is 5.50. The summed E-state index contributed by atoms with van der Waals surface area (Å²) in [6.45, 7) is 3.85. The van der Waals surface area contributed by atoms with E-state index in [4.69, 9.17) is 4.74 Å². The monoisotopic (exact) mass is 374 g/mol. The molecule has 0 saturated heterocycles. The van der Waals surface area contributed by atoms with Gasteiger partial charge in [0, 0.05) is 17.0 Å². The van der Waals surface area contributed by atoms with Gasteiger partial charge in [-0.05, 0) is 32.0 Å². The van der Waals surface area contributed by atoms with Gasteiger partial charge in [0.1, 0.15) is 5.75 Å². The van der Waals surface area contributed by atoms with E-state index in [1.165, 1.54) is 23.1 Å². The number of thioether (sulfide) groups is 1. The fourth-order valence-electron chi connectivity index (χ4n) is 2.40. The van der Waals surface area contributed by atoms with Crippen molar-refractivity contribution in [1.29, 1.82) is 0 Å². The van der Waals surface area contributed by atoms with Crippen molar-refractivity contribution < 1.29 is 9.53 Å². The van der Waals surface area contributed by atoms with Gasteiger partial charge in [0.05, 0.1) is 18.6 Å². The highest BCUT2D eigenvalue weighted by molar-refractivity contribution is 8.01. The zero-order valence-electron chi connectivity index (χ0n) is 14.1. The van der Waals surface area contributed by atoms with Crippen LogP contribution in [0.5, 0.6) is 5.75 Å². The molecule has 0 spiro atoms. The van der Waals surface area contributed by atoms with Crippen LogP contribution in [0.2, 0.25) is 0 Å². The van der Waals surface area contributed by atoms with Gasteiger partial charge in [-0.3, -0.25) is 4.79 Å². The second-order valence-corrected chi connectivity index (χ2v) is 7.60. The highest BCUT2D eigenvalue weighted by Crippen LogP contribution is 2.31. The van der Waals surface area contributed by atoms with E-state index < -0.39 is 0 Å². The molecule has 0 saturated carbocycles. The summed E-state index contributed by atoms with van der Waals surface area (Å²) in [5.74, 6) is 1.16. The van der Waals surface area contributed by atoms with Crippen LogP contribution in [0.15, 0.2) is 34.7 Å². The lowest BCUT2D eigenvalue weighted by Crippen LogP contribution is -2.02. The molecule has 3 aromatic rings. The highest BCUT2D eigenvalue weighted by atomic mass is 32.2. The highest BCUT2D eigenvalue weighted by Gasteiger charge is 2.14. The van der Waals surface area contributed by atoms with Crippen molar-refractivity contribution in [3.05, 3.63) is 47.3 Å². The number of nitrogens with one attached hydrogen (secondary N) is 2. The third kappa shape index (κ3) is 4.21. The number of rotatable bonds is 7. The van der Waals surface area contributed by atoms with Crippen LogP contribution in [0.3, 0.4) is 0 Å². The van der Waals surface area contributed by atoms with Crippen molar-refractivity contribution in [3.63, 3.8) is 0 Å². The second-order valence-electron chi connectivity index (χ2n) is 5.40. The first-order chi connectivity index (χ1) is 12.1. The van der Waals surface area contributed by atoms with Crippen molar-refractivity contribution in [2.75, 3.05) is 18.2 Å². The predicted molar refractivity (Wildman–Crippen MR) is 102 cm³/mol. The summed E-state index contributed by atoms with van der Waals surface area (Å²) in [7, 11) is 1.62. The van der Waals surface area contributed by atoms with Gasteiger partial charge in [0.15, 0.2) is 10.1 Å². The molecular weight excluding hydrogens is 356 g/mol. The maximum absolute atomic E-state index is 12.3. The fraction of sp³-hybridized carbons (Fsp3) is 0.235. The van der Waals surface area contributed by atoms with Crippen LogP contribution >= 0.6 is 23.1 Å². The van der Waals surface area contributed by atoms with Gasteiger partial charge in [-0.2, -0.15) is 0 Å².